The fourth-order valence-corrected chi connectivity index (χ4v) is 3.59. The lowest BCUT2D eigenvalue weighted by Gasteiger charge is -2.16. The summed E-state index contributed by atoms with van der Waals surface area (Å²) >= 11 is 0. The number of ketones is 1. The number of halogens is 1. The Kier molecular flexibility index (Phi) is 7.67. The number of ether oxygens (including phenoxy) is 2. The Morgan fingerprint density at radius 3 is 2.83 bits per heavy atom. The van der Waals surface area contributed by atoms with Gasteiger partial charge in [-0.25, -0.2) is 4.98 Å². The van der Waals surface area contributed by atoms with Crippen LogP contribution in [0.2, 0.25) is 0 Å². The molecule has 2 aromatic carbocycles. The first-order valence-electron chi connectivity index (χ1n) is 11.2. The van der Waals surface area contributed by atoms with Crippen molar-refractivity contribution < 1.29 is 23.5 Å². The van der Waals surface area contributed by atoms with Crippen molar-refractivity contribution in [2.24, 2.45) is 0 Å². The molecule has 0 bridgehead atoms. The molecule has 35 heavy (non-hydrogen) atoms. The topological polar surface area (TPSA) is 93.7 Å². The molecule has 1 aliphatic rings. The van der Waals surface area contributed by atoms with Gasteiger partial charge in [0.05, 0.1) is 12.7 Å². The van der Waals surface area contributed by atoms with Crippen LogP contribution in [-0.2, 0) is 16.0 Å². The third-order valence-corrected chi connectivity index (χ3v) is 5.32. The molecule has 9 heteroatoms. The highest BCUT2D eigenvalue weighted by atomic mass is 19.1. The third-order valence-electron chi connectivity index (χ3n) is 5.32. The molecule has 0 aliphatic carbocycles. The monoisotopic (exact) mass is 476 g/mol. The molecule has 1 amide bonds. The Hall–Kier alpha value is -4.27. The zero-order valence-electron chi connectivity index (χ0n) is 19.1. The molecule has 0 unspecified atom stereocenters. The Balaban J connectivity index is 1.39. The van der Waals surface area contributed by atoms with E-state index in [9.17, 15) is 14.0 Å². The zero-order chi connectivity index (χ0) is 24.6. The molecule has 0 radical (unpaired) electrons. The summed E-state index contributed by atoms with van der Waals surface area (Å²) in [4.78, 5) is 33.2. The molecule has 1 saturated heterocycles. The Morgan fingerprint density at radius 2 is 2.03 bits per heavy atom. The molecule has 8 nitrogen and oxygen atoms in total. The number of nitrogens with one attached hydrogen (secondary N) is 1. The highest BCUT2D eigenvalue weighted by molar-refractivity contribution is 5.90. The second-order valence-electron chi connectivity index (χ2n) is 7.93. The summed E-state index contributed by atoms with van der Waals surface area (Å²) in [6, 6.07) is 13.9. The minimum atomic E-state index is -0.725. The molecule has 0 saturated carbocycles. The molecule has 1 N–H and O–H groups in total. The fourth-order valence-electron chi connectivity index (χ4n) is 3.59. The van der Waals surface area contributed by atoms with Crippen LogP contribution >= 0.6 is 0 Å². The van der Waals surface area contributed by atoms with Crippen LogP contribution < -0.4 is 14.8 Å². The number of carbonyl (C=O) groups is 2. The number of carbonyl (C=O) groups excluding carboxylic acids is 2. The molecular weight excluding hydrogens is 451 g/mol. The van der Waals surface area contributed by atoms with Crippen molar-refractivity contribution in [2.75, 3.05) is 25.0 Å². The number of allylic oxidation sites excluding steroid dienone is 1. The molecular formula is C26H25FN4O4. The van der Waals surface area contributed by atoms with Gasteiger partial charge < -0.3 is 19.7 Å². The first-order valence-corrected chi connectivity index (χ1v) is 11.2. The van der Waals surface area contributed by atoms with Crippen LogP contribution in [0.25, 0.3) is 0 Å². The third kappa shape index (κ3) is 6.63. The molecule has 1 fully saturated rings. The van der Waals surface area contributed by atoms with Gasteiger partial charge in [0, 0.05) is 31.1 Å². The lowest BCUT2D eigenvalue weighted by molar-refractivity contribution is -0.128. The van der Waals surface area contributed by atoms with Gasteiger partial charge in [0.1, 0.15) is 18.1 Å². The molecule has 1 aromatic heterocycles. The SMILES string of the molecule is C=CC(=O)Cc1cccc(Oc2nc(Nc3cccc(OCCN4CCCC4=O)c3)ncc2F)c1. The van der Waals surface area contributed by atoms with E-state index in [0.29, 0.717) is 42.3 Å². The van der Waals surface area contributed by atoms with Crippen molar-refractivity contribution in [3.8, 4) is 17.4 Å². The van der Waals surface area contributed by atoms with Crippen molar-refractivity contribution >= 4 is 23.3 Å². The van der Waals surface area contributed by atoms with Gasteiger partial charge in [-0.05, 0) is 42.3 Å². The maximum atomic E-state index is 14.3. The Morgan fingerprint density at radius 1 is 1.20 bits per heavy atom. The van der Waals surface area contributed by atoms with Crippen LogP contribution in [0.5, 0.6) is 17.4 Å². The van der Waals surface area contributed by atoms with Crippen LogP contribution in [0.15, 0.2) is 67.4 Å². The lowest BCUT2D eigenvalue weighted by Crippen LogP contribution is -2.29. The quantitative estimate of drug-likeness (QED) is 0.409. The van der Waals surface area contributed by atoms with Gasteiger partial charge in [0.2, 0.25) is 17.7 Å². The van der Waals surface area contributed by atoms with Crippen LogP contribution in [0.4, 0.5) is 16.0 Å². The van der Waals surface area contributed by atoms with Crippen LogP contribution in [0.3, 0.4) is 0 Å². The van der Waals surface area contributed by atoms with Gasteiger partial charge >= 0.3 is 0 Å². The molecule has 0 spiro atoms. The molecule has 180 valence electrons. The summed E-state index contributed by atoms with van der Waals surface area (Å²) in [7, 11) is 0. The van der Waals surface area contributed by atoms with E-state index in [2.05, 4.69) is 21.9 Å². The summed E-state index contributed by atoms with van der Waals surface area (Å²) in [5.41, 5.74) is 1.35. The van der Waals surface area contributed by atoms with Gasteiger partial charge in [-0.1, -0.05) is 24.8 Å². The second-order valence-corrected chi connectivity index (χ2v) is 7.93. The number of benzene rings is 2. The second kappa shape index (κ2) is 11.2. The number of anilines is 2. The minimum Gasteiger partial charge on any atom is -0.492 e. The number of hydrogen-bond acceptors (Lipinski definition) is 7. The van der Waals surface area contributed by atoms with E-state index in [1.54, 1.807) is 53.4 Å². The number of aromatic nitrogens is 2. The minimum absolute atomic E-state index is 0.127. The van der Waals surface area contributed by atoms with E-state index in [4.69, 9.17) is 9.47 Å². The number of likely N-dealkylation sites (tertiary alicyclic amines) is 1. The Bertz CT molecular complexity index is 1230. The van der Waals surface area contributed by atoms with Crippen molar-refractivity contribution in [1.82, 2.24) is 14.9 Å². The van der Waals surface area contributed by atoms with Crippen molar-refractivity contribution in [1.29, 1.82) is 0 Å². The first kappa shape index (κ1) is 23.9. The van der Waals surface area contributed by atoms with Crippen LogP contribution in [0, 0.1) is 5.82 Å². The summed E-state index contributed by atoms with van der Waals surface area (Å²) in [6.45, 7) is 5.17. The van der Waals surface area contributed by atoms with Crippen molar-refractivity contribution in [3.63, 3.8) is 0 Å². The highest BCUT2D eigenvalue weighted by Crippen LogP contribution is 2.26. The molecule has 3 aromatic rings. The smallest absolute Gasteiger partial charge is 0.260 e. The largest absolute Gasteiger partial charge is 0.492 e. The zero-order valence-corrected chi connectivity index (χ0v) is 19.1. The number of nitrogens with zero attached hydrogens (tertiary/aromatic N) is 3. The predicted molar refractivity (Wildman–Crippen MR) is 128 cm³/mol. The average molecular weight is 477 g/mol. The average Bonchev–Trinajstić information content (AvgIpc) is 3.26. The molecule has 2 heterocycles. The summed E-state index contributed by atoms with van der Waals surface area (Å²) in [6.07, 6.45) is 3.94. The summed E-state index contributed by atoms with van der Waals surface area (Å²) in [5, 5.41) is 3.01. The maximum absolute atomic E-state index is 14.3. The van der Waals surface area contributed by atoms with E-state index in [-0.39, 0.29) is 29.9 Å². The van der Waals surface area contributed by atoms with Crippen molar-refractivity contribution in [3.05, 3.63) is 78.8 Å². The summed E-state index contributed by atoms with van der Waals surface area (Å²) < 4.78 is 25.7. The van der Waals surface area contributed by atoms with E-state index >= 15 is 0 Å². The lowest BCUT2D eigenvalue weighted by atomic mass is 10.1. The Labute approximate surface area is 202 Å². The van der Waals surface area contributed by atoms with Crippen molar-refractivity contribution in [2.45, 2.75) is 19.3 Å². The maximum Gasteiger partial charge on any atom is 0.260 e. The normalized spacial score (nSPS) is 12.9. The number of amides is 1. The van der Waals surface area contributed by atoms with Crippen LogP contribution in [0.1, 0.15) is 18.4 Å². The molecule has 1 aliphatic heterocycles. The summed E-state index contributed by atoms with van der Waals surface area (Å²) in [5.74, 6) is 0.152. The highest BCUT2D eigenvalue weighted by Gasteiger charge is 2.19. The van der Waals surface area contributed by atoms with Gasteiger partial charge in [0.15, 0.2) is 5.78 Å². The van der Waals surface area contributed by atoms with E-state index in [1.165, 1.54) is 6.08 Å². The van der Waals surface area contributed by atoms with Crippen LogP contribution in [-0.4, -0.2) is 46.3 Å². The molecule has 4 rings (SSSR count). The van der Waals surface area contributed by atoms with Gasteiger partial charge in [0.25, 0.3) is 5.88 Å². The van der Waals surface area contributed by atoms with Gasteiger partial charge in [-0.3, -0.25) is 9.59 Å². The standard InChI is InChI=1S/C26H25FN4O4/c1-2-20(32)14-18-6-3-9-22(15-18)35-25-23(27)17-28-26(30-25)29-19-7-4-8-21(16-19)34-13-12-31-11-5-10-24(31)33/h2-4,6-9,15-17H,1,5,10-14H2,(H,28,29,30). The predicted octanol–water partition coefficient (Wildman–Crippen LogP) is 4.45. The first-order chi connectivity index (χ1) is 17.0. The van der Waals surface area contributed by atoms with Gasteiger partial charge in [-0.15, -0.1) is 0 Å². The van der Waals surface area contributed by atoms with Gasteiger partial charge in [-0.2, -0.15) is 9.37 Å². The fraction of sp³-hybridized carbons (Fsp3) is 0.231. The number of rotatable bonds is 11. The van der Waals surface area contributed by atoms with E-state index in [0.717, 1.165) is 19.2 Å². The molecule has 0 atom stereocenters. The van der Waals surface area contributed by atoms with E-state index in [1.807, 2.05) is 0 Å². The number of hydrogen-bond donors (Lipinski definition) is 1. The van der Waals surface area contributed by atoms with E-state index < -0.39 is 5.82 Å².